The van der Waals surface area contributed by atoms with Crippen molar-refractivity contribution in [1.29, 1.82) is 0 Å². The van der Waals surface area contributed by atoms with Crippen LogP contribution in [0.2, 0.25) is 0 Å². The molecule has 0 saturated heterocycles. The van der Waals surface area contributed by atoms with Crippen molar-refractivity contribution in [1.82, 2.24) is 5.43 Å². The third-order valence-corrected chi connectivity index (χ3v) is 3.20. The number of hydrogen-bond donors (Lipinski definition) is 2. The number of amides is 2. The second-order valence-corrected chi connectivity index (χ2v) is 4.95. The lowest BCUT2D eigenvalue weighted by molar-refractivity contribution is -0.146. The lowest BCUT2D eigenvalue weighted by Crippen LogP contribution is -2.35. The molecule has 22 heavy (non-hydrogen) atoms. The molecule has 0 saturated carbocycles. The van der Waals surface area contributed by atoms with Crippen LogP contribution in [0.1, 0.15) is 25.3 Å². The number of carbonyl (C=O) groups is 3. The minimum absolute atomic E-state index is 0.107. The molecule has 1 aromatic carbocycles. The number of nitrogens with one attached hydrogen (secondary N) is 2. The van der Waals surface area contributed by atoms with Crippen molar-refractivity contribution >= 4 is 29.2 Å². The van der Waals surface area contributed by atoms with Gasteiger partial charge in [0.1, 0.15) is 5.71 Å². The van der Waals surface area contributed by atoms with Gasteiger partial charge in [-0.2, -0.15) is 5.10 Å². The highest BCUT2D eigenvalue weighted by atomic mass is 16.5. The van der Waals surface area contributed by atoms with Crippen molar-refractivity contribution in [2.24, 2.45) is 5.10 Å². The van der Waals surface area contributed by atoms with Crippen LogP contribution in [-0.2, 0) is 19.1 Å². The average molecular weight is 303 g/mol. The van der Waals surface area contributed by atoms with Gasteiger partial charge < -0.3 is 10.1 Å². The molecule has 116 valence electrons. The topological polar surface area (TPSA) is 96.9 Å². The number of aryl methyl sites for hydroxylation is 1. The Labute approximate surface area is 127 Å². The van der Waals surface area contributed by atoms with E-state index in [-0.39, 0.29) is 24.5 Å². The summed E-state index contributed by atoms with van der Waals surface area (Å²) < 4.78 is 5.07. The summed E-state index contributed by atoms with van der Waals surface area (Å²) in [6.45, 7) is 3.35. The second-order valence-electron chi connectivity index (χ2n) is 4.95. The number of rotatable bonds is 4. The Kier molecular flexibility index (Phi) is 4.88. The van der Waals surface area contributed by atoms with Gasteiger partial charge in [0.25, 0.3) is 5.91 Å². The van der Waals surface area contributed by atoms with E-state index in [1.165, 1.54) is 6.92 Å². The summed E-state index contributed by atoms with van der Waals surface area (Å²) in [5.41, 5.74) is 3.89. The summed E-state index contributed by atoms with van der Waals surface area (Å²) in [6, 6.07) is 7.30. The van der Waals surface area contributed by atoms with Crippen molar-refractivity contribution in [3.05, 3.63) is 29.8 Å². The van der Waals surface area contributed by atoms with Gasteiger partial charge >= 0.3 is 5.97 Å². The van der Waals surface area contributed by atoms with Crippen LogP contribution >= 0.6 is 0 Å². The molecule has 2 amide bonds. The van der Waals surface area contributed by atoms with E-state index in [0.29, 0.717) is 5.69 Å². The standard InChI is InChI=1S/C15H17N3O4/c1-9-5-3-4-6-11(9)16-14(20)10(2)22-15(21)12-7-8-13(19)18-17-12/h3-6,10H,7-8H2,1-2H3,(H,16,20)(H,18,19)/t10-/m1/s1. The van der Waals surface area contributed by atoms with E-state index < -0.39 is 18.0 Å². The zero-order valence-electron chi connectivity index (χ0n) is 12.4. The number of esters is 1. The number of anilines is 1. The molecule has 1 atom stereocenters. The Morgan fingerprint density at radius 1 is 1.32 bits per heavy atom. The van der Waals surface area contributed by atoms with E-state index in [4.69, 9.17) is 4.74 Å². The highest BCUT2D eigenvalue weighted by Crippen LogP contribution is 2.14. The molecule has 0 aromatic heterocycles. The maximum Gasteiger partial charge on any atom is 0.355 e. The van der Waals surface area contributed by atoms with Crippen LogP contribution < -0.4 is 10.7 Å². The van der Waals surface area contributed by atoms with Gasteiger partial charge in [0.15, 0.2) is 6.10 Å². The molecule has 1 heterocycles. The molecule has 1 aliphatic heterocycles. The molecule has 0 aliphatic carbocycles. The van der Waals surface area contributed by atoms with E-state index in [1.807, 2.05) is 19.1 Å². The Hall–Kier alpha value is -2.70. The number of hydrazone groups is 1. The van der Waals surface area contributed by atoms with Crippen LogP contribution in [0.3, 0.4) is 0 Å². The number of para-hydroxylation sites is 1. The summed E-state index contributed by atoms with van der Waals surface area (Å²) in [4.78, 5) is 34.9. The molecule has 1 aliphatic rings. The summed E-state index contributed by atoms with van der Waals surface area (Å²) in [6.07, 6.45) is -0.582. The number of nitrogens with zero attached hydrogens (tertiary/aromatic N) is 1. The smallest absolute Gasteiger partial charge is 0.355 e. The number of carbonyl (C=O) groups excluding carboxylic acids is 3. The predicted octanol–water partition coefficient (Wildman–Crippen LogP) is 1.13. The first-order valence-corrected chi connectivity index (χ1v) is 6.90. The first kappa shape index (κ1) is 15.7. The zero-order chi connectivity index (χ0) is 16.1. The Morgan fingerprint density at radius 3 is 2.68 bits per heavy atom. The maximum absolute atomic E-state index is 12.0. The van der Waals surface area contributed by atoms with Crippen LogP contribution in [0, 0.1) is 6.92 Å². The number of hydrogen-bond acceptors (Lipinski definition) is 5. The van der Waals surface area contributed by atoms with Gasteiger partial charge in [0.05, 0.1) is 0 Å². The van der Waals surface area contributed by atoms with Crippen LogP contribution in [-0.4, -0.2) is 29.6 Å². The molecule has 0 bridgehead atoms. The van der Waals surface area contributed by atoms with Crippen LogP contribution in [0.5, 0.6) is 0 Å². The lowest BCUT2D eigenvalue weighted by Gasteiger charge is -2.16. The van der Waals surface area contributed by atoms with Gasteiger partial charge in [-0.1, -0.05) is 18.2 Å². The van der Waals surface area contributed by atoms with Gasteiger partial charge in [-0.25, -0.2) is 10.2 Å². The second kappa shape index (κ2) is 6.84. The van der Waals surface area contributed by atoms with Crippen molar-refractivity contribution < 1.29 is 19.1 Å². The maximum atomic E-state index is 12.0. The molecule has 2 N–H and O–H groups in total. The van der Waals surface area contributed by atoms with Crippen molar-refractivity contribution in [3.8, 4) is 0 Å². The number of ether oxygens (including phenoxy) is 1. The fourth-order valence-electron chi connectivity index (χ4n) is 1.85. The summed E-state index contributed by atoms with van der Waals surface area (Å²) >= 11 is 0. The molecule has 7 heteroatoms. The molecular formula is C15H17N3O4. The molecule has 0 radical (unpaired) electrons. The third-order valence-electron chi connectivity index (χ3n) is 3.20. The fraction of sp³-hybridized carbons (Fsp3) is 0.333. The average Bonchev–Trinajstić information content (AvgIpc) is 2.50. The Bertz CT molecular complexity index is 639. The van der Waals surface area contributed by atoms with E-state index in [2.05, 4.69) is 15.8 Å². The molecule has 0 unspecified atom stereocenters. The molecule has 7 nitrogen and oxygen atoms in total. The van der Waals surface area contributed by atoms with E-state index in [9.17, 15) is 14.4 Å². The molecule has 2 rings (SSSR count). The van der Waals surface area contributed by atoms with Crippen molar-refractivity contribution in [2.45, 2.75) is 32.8 Å². The van der Waals surface area contributed by atoms with Crippen molar-refractivity contribution in [3.63, 3.8) is 0 Å². The van der Waals surface area contributed by atoms with E-state index in [0.717, 1.165) is 5.56 Å². The largest absolute Gasteiger partial charge is 0.448 e. The highest BCUT2D eigenvalue weighted by Gasteiger charge is 2.24. The first-order chi connectivity index (χ1) is 10.5. The zero-order valence-corrected chi connectivity index (χ0v) is 12.4. The van der Waals surface area contributed by atoms with E-state index >= 15 is 0 Å². The van der Waals surface area contributed by atoms with Gasteiger partial charge in [0, 0.05) is 18.5 Å². The SMILES string of the molecule is Cc1ccccc1NC(=O)[C@@H](C)OC(=O)C1=NNC(=O)CC1. The van der Waals surface area contributed by atoms with Gasteiger partial charge in [-0.15, -0.1) is 0 Å². The van der Waals surface area contributed by atoms with Crippen LogP contribution in [0.4, 0.5) is 5.69 Å². The minimum atomic E-state index is -0.965. The Balaban J connectivity index is 1.93. The normalized spacial score (nSPS) is 15.4. The molecule has 0 fully saturated rings. The summed E-state index contributed by atoms with van der Waals surface area (Å²) in [5, 5.41) is 6.33. The van der Waals surface area contributed by atoms with Gasteiger partial charge in [-0.3, -0.25) is 9.59 Å². The predicted molar refractivity (Wildman–Crippen MR) is 80.2 cm³/mol. The van der Waals surface area contributed by atoms with Crippen molar-refractivity contribution in [2.75, 3.05) is 5.32 Å². The monoisotopic (exact) mass is 303 g/mol. The molecule has 0 spiro atoms. The molecule has 1 aromatic rings. The van der Waals surface area contributed by atoms with Crippen LogP contribution in [0.15, 0.2) is 29.4 Å². The molecular weight excluding hydrogens is 286 g/mol. The Morgan fingerprint density at radius 2 is 2.05 bits per heavy atom. The summed E-state index contributed by atoms with van der Waals surface area (Å²) in [7, 11) is 0. The number of benzene rings is 1. The fourth-order valence-corrected chi connectivity index (χ4v) is 1.85. The first-order valence-electron chi connectivity index (χ1n) is 6.90. The quantitative estimate of drug-likeness (QED) is 0.815. The lowest BCUT2D eigenvalue weighted by atomic mass is 10.2. The highest BCUT2D eigenvalue weighted by molar-refractivity contribution is 6.37. The summed E-state index contributed by atoms with van der Waals surface area (Å²) in [5.74, 6) is -1.38. The van der Waals surface area contributed by atoms with Gasteiger partial charge in [-0.05, 0) is 25.5 Å². The van der Waals surface area contributed by atoms with Gasteiger partial charge in [0.2, 0.25) is 5.91 Å². The van der Waals surface area contributed by atoms with E-state index in [1.54, 1.807) is 12.1 Å². The minimum Gasteiger partial charge on any atom is -0.448 e. The third kappa shape index (κ3) is 3.91. The van der Waals surface area contributed by atoms with Crippen LogP contribution in [0.25, 0.3) is 0 Å².